The molecule has 0 amide bonds. The molecule has 4 fully saturated rings. The maximum Gasteiger partial charge on any atom is 0.346 e. The molecule has 0 aromatic carbocycles. The average molecular weight is 459 g/mol. The Balaban J connectivity index is 1.27. The molecule has 4 aliphatic rings. The molecule has 2 aromatic heterocycles. The minimum atomic E-state index is -1.67. The van der Waals surface area contributed by atoms with Crippen LogP contribution in [0.1, 0.15) is 62.0 Å². The van der Waals surface area contributed by atoms with Crippen molar-refractivity contribution in [1.29, 1.82) is 0 Å². The number of aryl methyl sites for hydroxylation is 1. The van der Waals surface area contributed by atoms with Gasteiger partial charge in [-0.05, 0) is 42.8 Å². The zero-order valence-corrected chi connectivity index (χ0v) is 19.7. The third-order valence-corrected chi connectivity index (χ3v) is 9.28. The number of quaternary nitrogens is 1. The second-order valence-electron chi connectivity index (χ2n) is 10.2. The first-order chi connectivity index (χ1) is 15.6. The normalized spacial score (nSPS) is 30.2. The highest BCUT2D eigenvalue weighted by atomic mass is 32.1. The Labute approximate surface area is 195 Å². The SMILES string of the molecule is O=C(O[C@H]1C[N+]2(CCCc3cccs3)CCC1CC2)[C@@](O)(c1ccco1)C1CCCCC1. The number of esters is 1. The number of piperidine rings is 3. The molecule has 6 rings (SSSR count). The Morgan fingerprint density at radius 3 is 2.66 bits per heavy atom. The van der Waals surface area contributed by atoms with Gasteiger partial charge in [-0.1, -0.05) is 25.3 Å². The number of thiophene rings is 1. The number of furan rings is 1. The third kappa shape index (κ3) is 4.29. The van der Waals surface area contributed by atoms with E-state index in [9.17, 15) is 9.90 Å². The van der Waals surface area contributed by atoms with Crippen LogP contribution >= 0.6 is 11.3 Å². The van der Waals surface area contributed by atoms with E-state index in [0.29, 0.717) is 11.7 Å². The highest BCUT2D eigenvalue weighted by Gasteiger charge is 2.53. The van der Waals surface area contributed by atoms with Crippen molar-refractivity contribution in [2.75, 3.05) is 26.2 Å². The van der Waals surface area contributed by atoms with Crippen LogP contribution < -0.4 is 0 Å². The fourth-order valence-electron chi connectivity index (χ4n) is 6.42. The molecule has 174 valence electrons. The van der Waals surface area contributed by atoms with Gasteiger partial charge in [-0.15, -0.1) is 11.3 Å². The molecule has 2 atom stereocenters. The molecule has 1 saturated carbocycles. The van der Waals surface area contributed by atoms with Gasteiger partial charge in [0.2, 0.25) is 5.60 Å². The average Bonchev–Trinajstić information content (AvgIpc) is 3.55. The summed E-state index contributed by atoms with van der Waals surface area (Å²) in [6, 6.07) is 7.82. The first-order valence-electron chi connectivity index (χ1n) is 12.4. The molecule has 3 aliphatic heterocycles. The van der Waals surface area contributed by atoms with Crippen LogP contribution in [0.3, 0.4) is 0 Å². The number of hydrogen-bond acceptors (Lipinski definition) is 5. The monoisotopic (exact) mass is 458 g/mol. The Bertz CT molecular complexity index is 866. The fraction of sp³-hybridized carbons (Fsp3) is 0.654. The van der Waals surface area contributed by atoms with Crippen molar-refractivity contribution in [3.8, 4) is 0 Å². The van der Waals surface area contributed by atoms with Crippen molar-refractivity contribution >= 4 is 17.3 Å². The van der Waals surface area contributed by atoms with Crippen LogP contribution in [0.25, 0.3) is 0 Å². The first-order valence-corrected chi connectivity index (χ1v) is 13.3. The van der Waals surface area contributed by atoms with E-state index in [2.05, 4.69) is 17.5 Å². The molecule has 2 bridgehead atoms. The molecular formula is C26H36NO4S+. The van der Waals surface area contributed by atoms with E-state index in [0.717, 1.165) is 68.9 Å². The van der Waals surface area contributed by atoms with Gasteiger partial charge in [-0.2, -0.15) is 0 Å². The minimum absolute atomic E-state index is 0.100. The molecule has 1 N–H and O–H groups in total. The molecular weight excluding hydrogens is 422 g/mol. The van der Waals surface area contributed by atoms with E-state index in [4.69, 9.17) is 9.15 Å². The number of nitrogens with zero attached hydrogens (tertiary/aromatic N) is 1. The molecule has 5 nitrogen and oxygen atoms in total. The number of aliphatic hydroxyl groups is 1. The number of ether oxygens (including phenoxy) is 1. The van der Waals surface area contributed by atoms with Crippen LogP contribution in [-0.4, -0.2) is 47.8 Å². The lowest BCUT2D eigenvalue weighted by Gasteiger charge is -2.52. The van der Waals surface area contributed by atoms with Crippen molar-refractivity contribution in [2.24, 2.45) is 11.8 Å². The van der Waals surface area contributed by atoms with Crippen molar-refractivity contribution in [1.82, 2.24) is 0 Å². The molecule has 6 heteroatoms. The van der Waals surface area contributed by atoms with Gasteiger partial charge in [0.15, 0.2) is 6.10 Å². The number of fused-ring (bicyclic) bond motifs is 3. The quantitative estimate of drug-likeness (QED) is 0.452. The standard InChI is InChI=1S/C26H36NO4S/c28-25(26(29,24-11-5-17-30-24)21-7-2-1-3-8-21)31-23-19-27(15-12-20(23)13-16-27)14-4-9-22-10-6-18-32-22/h5-6,10-11,17-18,20-21,23,29H,1-4,7-9,12-16,19H2/q+1/t20?,23-,26-,27?/m0/s1. The van der Waals surface area contributed by atoms with Gasteiger partial charge in [-0.3, -0.25) is 0 Å². The Morgan fingerprint density at radius 2 is 1.97 bits per heavy atom. The summed E-state index contributed by atoms with van der Waals surface area (Å²) in [5.74, 6) is 0.138. The minimum Gasteiger partial charge on any atom is -0.466 e. The summed E-state index contributed by atoms with van der Waals surface area (Å²) in [5, 5.41) is 13.9. The zero-order chi connectivity index (χ0) is 22.0. The summed E-state index contributed by atoms with van der Waals surface area (Å²) in [4.78, 5) is 15.0. The predicted octanol–water partition coefficient (Wildman–Crippen LogP) is 4.89. The zero-order valence-electron chi connectivity index (χ0n) is 18.9. The van der Waals surface area contributed by atoms with Crippen LogP contribution in [0, 0.1) is 11.8 Å². The van der Waals surface area contributed by atoms with Crippen LogP contribution in [0.15, 0.2) is 40.3 Å². The van der Waals surface area contributed by atoms with E-state index in [1.807, 2.05) is 11.3 Å². The van der Waals surface area contributed by atoms with E-state index in [1.54, 1.807) is 18.4 Å². The predicted molar refractivity (Wildman–Crippen MR) is 124 cm³/mol. The lowest BCUT2D eigenvalue weighted by atomic mass is 9.75. The maximum absolute atomic E-state index is 13.5. The van der Waals surface area contributed by atoms with Gasteiger partial charge < -0.3 is 18.7 Å². The lowest BCUT2D eigenvalue weighted by molar-refractivity contribution is -0.946. The Hall–Kier alpha value is -1.63. The number of rotatable bonds is 8. The van der Waals surface area contributed by atoms with Gasteiger partial charge in [0.25, 0.3) is 0 Å². The molecule has 2 aromatic rings. The van der Waals surface area contributed by atoms with E-state index >= 15 is 0 Å². The van der Waals surface area contributed by atoms with Crippen molar-refractivity contribution < 1.29 is 23.5 Å². The van der Waals surface area contributed by atoms with E-state index < -0.39 is 11.6 Å². The van der Waals surface area contributed by atoms with Crippen LogP contribution in [-0.2, 0) is 21.6 Å². The Morgan fingerprint density at radius 1 is 1.16 bits per heavy atom. The number of hydrogen-bond donors (Lipinski definition) is 1. The van der Waals surface area contributed by atoms with Crippen LogP contribution in [0.4, 0.5) is 0 Å². The number of carbonyl (C=O) groups is 1. The van der Waals surface area contributed by atoms with Gasteiger partial charge in [0.1, 0.15) is 12.3 Å². The largest absolute Gasteiger partial charge is 0.466 e. The summed E-state index contributed by atoms with van der Waals surface area (Å²) >= 11 is 1.84. The maximum atomic E-state index is 13.5. The van der Waals surface area contributed by atoms with E-state index in [1.165, 1.54) is 24.4 Å². The molecule has 32 heavy (non-hydrogen) atoms. The highest BCUT2D eigenvalue weighted by Crippen LogP contribution is 2.42. The van der Waals surface area contributed by atoms with Crippen molar-refractivity contribution in [3.05, 3.63) is 46.5 Å². The topological polar surface area (TPSA) is 59.7 Å². The smallest absolute Gasteiger partial charge is 0.346 e. The van der Waals surface area contributed by atoms with Gasteiger partial charge in [-0.25, -0.2) is 4.79 Å². The molecule has 5 heterocycles. The summed E-state index contributed by atoms with van der Waals surface area (Å²) < 4.78 is 12.8. The Kier molecular flexibility index (Phi) is 6.46. The third-order valence-electron chi connectivity index (χ3n) is 8.34. The number of carbonyl (C=O) groups excluding carboxylic acids is 1. The van der Waals surface area contributed by atoms with Crippen LogP contribution in [0.5, 0.6) is 0 Å². The summed E-state index contributed by atoms with van der Waals surface area (Å²) in [6.07, 6.45) is 10.9. The van der Waals surface area contributed by atoms with Crippen molar-refractivity contribution in [2.45, 2.75) is 69.5 Å². The van der Waals surface area contributed by atoms with Gasteiger partial charge in [0, 0.05) is 36.0 Å². The summed E-state index contributed by atoms with van der Waals surface area (Å²) in [5.41, 5.74) is -1.67. The second-order valence-corrected chi connectivity index (χ2v) is 11.3. The van der Waals surface area contributed by atoms with Gasteiger partial charge in [0.05, 0.1) is 25.9 Å². The molecule has 1 aliphatic carbocycles. The lowest BCUT2D eigenvalue weighted by Crippen LogP contribution is -2.65. The summed E-state index contributed by atoms with van der Waals surface area (Å²) in [6.45, 7) is 4.41. The van der Waals surface area contributed by atoms with E-state index in [-0.39, 0.29) is 12.0 Å². The fourth-order valence-corrected chi connectivity index (χ4v) is 7.18. The summed E-state index contributed by atoms with van der Waals surface area (Å²) in [7, 11) is 0. The molecule has 0 spiro atoms. The van der Waals surface area contributed by atoms with Crippen LogP contribution in [0.2, 0.25) is 0 Å². The first kappa shape index (κ1) is 22.2. The van der Waals surface area contributed by atoms with Gasteiger partial charge >= 0.3 is 5.97 Å². The molecule has 3 saturated heterocycles. The van der Waals surface area contributed by atoms with Crippen molar-refractivity contribution in [3.63, 3.8) is 0 Å². The molecule has 0 radical (unpaired) electrons. The molecule has 0 unspecified atom stereocenters. The second kappa shape index (κ2) is 9.32. The highest BCUT2D eigenvalue weighted by molar-refractivity contribution is 7.09.